The van der Waals surface area contributed by atoms with Crippen LogP contribution in [0.2, 0.25) is 0 Å². The van der Waals surface area contributed by atoms with Gasteiger partial charge in [-0.15, -0.1) is 0 Å². The lowest BCUT2D eigenvalue weighted by Gasteiger charge is -2.35. The third kappa shape index (κ3) is 8.80. The van der Waals surface area contributed by atoms with Crippen LogP contribution in [0.3, 0.4) is 0 Å². The Morgan fingerprint density at radius 1 is 0.830 bits per heavy atom. The number of nitrogens with zero attached hydrogens (tertiary/aromatic N) is 2. The van der Waals surface area contributed by atoms with Crippen molar-refractivity contribution in [1.82, 2.24) is 10.2 Å². The number of para-hydroxylation sites is 1. The van der Waals surface area contributed by atoms with Crippen molar-refractivity contribution in [1.29, 1.82) is 0 Å². The topological polar surface area (TPSA) is 96.0 Å². The highest BCUT2D eigenvalue weighted by Gasteiger charge is 2.35. The van der Waals surface area contributed by atoms with E-state index in [9.17, 15) is 18.0 Å². The van der Waals surface area contributed by atoms with Crippen LogP contribution < -0.4 is 14.4 Å². The monoisotopic (exact) mass is 653 g/mol. The Morgan fingerprint density at radius 2 is 1.47 bits per heavy atom. The molecule has 1 aliphatic rings. The third-order valence-electron chi connectivity index (χ3n) is 8.64. The summed E-state index contributed by atoms with van der Waals surface area (Å²) in [6.07, 6.45) is 5.29. The highest BCUT2D eigenvalue weighted by Crippen LogP contribution is 2.26. The number of sulfonamides is 1. The first-order valence-electron chi connectivity index (χ1n) is 16.2. The van der Waals surface area contributed by atoms with Gasteiger partial charge in [0.15, 0.2) is 0 Å². The molecule has 1 fully saturated rings. The maximum absolute atomic E-state index is 14.7. The molecule has 4 aromatic carbocycles. The van der Waals surface area contributed by atoms with Crippen LogP contribution in [0.4, 0.5) is 5.69 Å². The van der Waals surface area contributed by atoms with Gasteiger partial charge in [0.25, 0.3) is 10.0 Å². The van der Waals surface area contributed by atoms with Gasteiger partial charge in [0.05, 0.1) is 17.7 Å². The summed E-state index contributed by atoms with van der Waals surface area (Å²) in [5.41, 5.74) is 2.93. The molecule has 1 N–H and O–H groups in total. The second kappa shape index (κ2) is 15.8. The Bertz CT molecular complexity index is 1720. The van der Waals surface area contributed by atoms with Crippen molar-refractivity contribution in [2.24, 2.45) is 0 Å². The maximum Gasteiger partial charge on any atom is 0.264 e. The zero-order valence-electron chi connectivity index (χ0n) is 27.0. The van der Waals surface area contributed by atoms with Crippen molar-refractivity contribution in [2.45, 2.75) is 69.0 Å². The molecule has 0 unspecified atom stereocenters. The molecule has 246 valence electrons. The first-order valence-corrected chi connectivity index (χ1v) is 17.6. The number of methoxy groups -OCH3 is 1. The first kappa shape index (κ1) is 33.7. The molecule has 0 bridgehead atoms. The van der Waals surface area contributed by atoms with E-state index < -0.39 is 28.5 Å². The standard InChI is InChI=1S/C38H43N3O5S/c1-29-21-23-35(24-22-29)47(44,45)41(33-18-10-5-11-19-33)28-37(42)40(27-31-15-12-20-34(25-31)46-2)36(26-30-13-6-3-7-14-30)38(43)39-32-16-8-4-9-17-32/h3,5-7,10-15,18-25,32,36H,4,8-9,16-17,26-28H2,1-2H3,(H,39,43)/t36-/m1/s1. The highest BCUT2D eigenvalue weighted by molar-refractivity contribution is 7.92. The van der Waals surface area contributed by atoms with Gasteiger partial charge >= 0.3 is 0 Å². The molecule has 0 aliphatic heterocycles. The summed E-state index contributed by atoms with van der Waals surface area (Å²) in [7, 11) is -2.57. The lowest BCUT2D eigenvalue weighted by molar-refractivity contribution is -0.140. The van der Waals surface area contributed by atoms with Crippen LogP contribution in [-0.2, 0) is 32.6 Å². The summed E-state index contributed by atoms with van der Waals surface area (Å²) in [6.45, 7) is 1.47. The summed E-state index contributed by atoms with van der Waals surface area (Å²) < 4.78 is 34.9. The first-order chi connectivity index (χ1) is 22.7. The average Bonchev–Trinajstić information content (AvgIpc) is 3.10. The number of aryl methyl sites for hydroxylation is 1. The average molecular weight is 654 g/mol. The number of nitrogens with one attached hydrogen (secondary N) is 1. The second-order valence-electron chi connectivity index (χ2n) is 12.1. The molecular formula is C38H43N3O5S. The van der Waals surface area contributed by atoms with E-state index in [1.807, 2.05) is 61.5 Å². The van der Waals surface area contributed by atoms with Crippen molar-refractivity contribution < 1.29 is 22.7 Å². The minimum Gasteiger partial charge on any atom is -0.497 e. The quantitative estimate of drug-likeness (QED) is 0.183. The molecule has 0 radical (unpaired) electrons. The number of hydrogen-bond donors (Lipinski definition) is 1. The van der Waals surface area contributed by atoms with Gasteiger partial charge < -0.3 is 15.0 Å². The molecule has 2 amide bonds. The number of hydrogen-bond acceptors (Lipinski definition) is 5. The van der Waals surface area contributed by atoms with Crippen LogP contribution in [0.25, 0.3) is 0 Å². The largest absolute Gasteiger partial charge is 0.497 e. The van der Waals surface area contributed by atoms with Gasteiger partial charge in [0, 0.05) is 19.0 Å². The van der Waals surface area contributed by atoms with Crippen LogP contribution >= 0.6 is 0 Å². The van der Waals surface area contributed by atoms with Crippen molar-refractivity contribution in [2.75, 3.05) is 18.0 Å². The maximum atomic E-state index is 14.7. The minimum absolute atomic E-state index is 0.0334. The van der Waals surface area contributed by atoms with Crippen LogP contribution in [0.1, 0.15) is 48.8 Å². The normalized spacial score (nSPS) is 14.2. The molecule has 8 nitrogen and oxygen atoms in total. The van der Waals surface area contributed by atoms with Gasteiger partial charge in [0.2, 0.25) is 11.8 Å². The van der Waals surface area contributed by atoms with Gasteiger partial charge in [-0.3, -0.25) is 13.9 Å². The zero-order valence-corrected chi connectivity index (χ0v) is 27.9. The van der Waals surface area contributed by atoms with Gasteiger partial charge in [0.1, 0.15) is 18.3 Å². The van der Waals surface area contributed by atoms with E-state index in [4.69, 9.17) is 4.74 Å². The number of ether oxygens (including phenoxy) is 1. The van der Waals surface area contributed by atoms with E-state index in [1.54, 1.807) is 61.7 Å². The highest BCUT2D eigenvalue weighted by atomic mass is 32.2. The predicted octanol–water partition coefficient (Wildman–Crippen LogP) is 6.29. The van der Waals surface area contributed by atoms with E-state index in [-0.39, 0.29) is 29.8 Å². The van der Waals surface area contributed by atoms with Crippen molar-refractivity contribution in [3.63, 3.8) is 0 Å². The molecule has 5 rings (SSSR count). The SMILES string of the molecule is COc1cccc(CN(C(=O)CN(c2ccccc2)S(=O)(=O)c2ccc(C)cc2)[C@H](Cc2ccccc2)C(=O)NC2CCCCC2)c1. The fourth-order valence-electron chi connectivity index (χ4n) is 6.03. The molecule has 47 heavy (non-hydrogen) atoms. The Morgan fingerprint density at radius 3 is 2.13 bits per heavy atom. The summed E-state index contributed by atoms with van der Waals surface area (Å²) in [5, 5.41) is 3.24. The lowest BCUT2D eigenvalue weighted by atomic mass is 9.94. The molecule has 9 heteroatoms. The smallest absolute Gasteiger partial charge is 0.264 e. The zero-order chi connectivity index (χ0) is 33.2. The van der Waals surface area contributed by atoms with Gasteiger partial charge in [-0.2, -0.15) is 0 Å². The van der Waals surface area contributed by atoms with Crippen molar-refractivity contribution in [3.05, 3.63) is 126 Å². The number of anilines is 1. The van der Waals surface area contributed by atoms with E-state index in [2.05, 4.69) is 5.32 Å². The predicted molar refractivity (Wildman–Crippen MR) is 185 cm³/mol. The molecule has 0 spiro atoms. The molecule has 1 atom stereocenters. The fraction of sp³-hybridized carbons (Fsp3) is 0.316. The summed E-state index contributed by atoms with van der Waals surface area (Å²) in [4.78, 5) is 30.5. The van der Waals surface area contributed by atoms with Gasteiger partial charge in [-0.1, -0.05) is 97.6 Å². The number of rotatable bonds is 13. The molecule has 4 aromatic rings. The van der Waals surface area contributed by atoms with Gasteiger partial charge in [-0.05, 0) is 67.3 Å². The minimum atomic E-state index is -4.15. The molecular weight excluding hydrogens is 611 g/mol. The van der Waals surface area contributed by atoms with Gasteiger partial charge in [-0.25, -0.2) is 8.42 Å². The number of benzene rings is 4. The Kier molecular flexibility index (Phi) is 11.3. The van der Waals surface area contributed by atoms with Crippen LogP contribution in [0.15, 0.2) is 114 Å². The van der Waals surface area contributed by atoms with Crippen molar-refractivity contribution >= 4 is 27.5 Å². The van der Waals surface area contributed by atoms with E-state index in [0.717, 1.165) is 53.1 Å². The van der Waals surface area contributed by atoms with E-state index >= 15 is 0 Å². The third-order valence-corrected chi connectivity index (χ3v) is 10.4. The number of carbonyl (C=O) groups excluding carboxylic acids is 2. The van der Waals surface area contributed by atoms with Crippen molar-refractivity contribution in [3.8, 4) is 5.75 Å². The molecule has 1 saturated carbocycles. The fourth-order valence-corrected chi connectivity index (χ4v) is 7.44. The van der Waals surface area contributed by atoms with Crippen LogP contribution in [-0.4, -0.2) is 50.9 Å². The number of carbonyl (C=O) groups is 2. The molecule has 0 heterocycles. The Balaban J connectivity index is 1.56. The summed E-state index contributed by atoms with van der Waals surface area (Å²) >= 11 is 0. The Hall–Kier alpha value is -4.63. The molecule has 0 saturated heterocycles. The number of amides is 2. The Labute approximate surface area is 278 Å². The van der Waals surface area contributed by atoms with E-state index in [0.29, 0.717) is 11.4 Å². The summed E-state index contributed by atoms with van der Waals surface area (Å²) in [6, 6.07) is 31.3. The van der Waals surface area contributed by atoms with Crippen LogP contribution in [0, 0.1) is 6.92 Å². The second-order valence-corrected chi connectivity index (χ2v) is 13.9. The van der Waals surface area contributed by atoms with Crippen LogP contribution in [0.5, 0.6) is 5.75 Å². The van der Waals surface area contributed by atoms with E-state index in [1.165, 1.54) is 4.90 Å². The molecule has 0 aromatic heterocycles. The lowest BCUT2D eigenvalue weighted by Crippen LogP contribution is -2.55. The molecule has 1 aliphatic carbocycles. The summed E-state index contributed by atoms with van der Waals surface area (Å²) in [5.74, 6) is -0.120.